The lowest BCUT2D eigenvalue weighted by atomic mass is 10.1. The van der Waals surface area contributed by atoms with Crippen molar-refractivity contribution in [3.05, 3.63) is 34.8 Å². The molecule has 0 unspecified atom stereocenters. The molecule has 2 aromatic rings. The highest BCUT2D eigenvalue weighted by atomic mass is 32.1. The van der Waals surface area contributed by atoms with Gasteiger partial charge in [-0.1, -0.05) is 0 Å². The second kappa shape index (κ2) is 3.96. The number of benzene rings is 1. The van der Waals surface area contributed by atoms with Crippen LogP contribution in [0.15, 0.2) is 23.6 Å². The molecule has 4 heteroatoms. The Morgan fingerprint density at radius 2 is 2.35 bits per heavy atom. The van der Waals surface area contributed by atoms with Crippen molar-refractivity contribution >= 4 is 23.3 Å². The van der Waals surface area contributed by atoms with E-state index in [-0.39, 0.29) is 0 Å². The summed E-state index contributed by atoms with van der Waals surface area (Å²) in [5.74, 6) is 0. The van der Waals surface area contributed by atoms with Crippen LogP contribution in [0.3, 0.4) is 0 Å². The first-order valence-electron chi connectivity index (χ1n) is 5.53. The Labute approximate surface area is 104 Å². The summed E-state index contributed by atoms with van der Waals surface area (Å²) in [6.07, 6.45) is 1.88. The normalized spacial score (nSPS) is 13.8. The van der Waals surface area contributed by atoms with Gasteiger partial charge in [0.15, 0.2) is 6.29 Å². The monoisotopic (exact) mass is 244 g/mol. The molecule has 1 aromatic carbocycles. The predicted octanol–water partition coefficient (Wildman–Crippen LogP) is 2.61. The van der Waals surface area contributed by atoms with Gasteiger partial charge in [0, 0.05) is 30.2 Å². The topological polar surface area (TPSA) is 33.2 Å². The number of likely N-dealkylation sites (N-methyl/N-ethyl adjacent to an activating group) is 1. The molecular weight excluding hydrogens is 232 g/mol. The molecule has 3 rings (SSSR count). The zero-order chi connectivity index (χ0) is 11.8. The van der Waals surface area contributed by atoms with Crippen LogP contribution < -0.4 is 4.90 Å². The first-order chi connectivity index (χ1) is 8.28. The Morgan fingerprint density at radius 3 is 3.12 bits per heavy atom. The first kappa shape index (κ1) is 10.5. The quantitative estimate of drug-likeness (QED) is 0.761. The fourth-order valence-electron chi connectivity index (χ4n) is 2.17. The van der Waals surface area contributed by atoms with Crippen molar-refractivity contribution in [1.82, 2.24) is 4.98 Å². The van der Waals surface area contributed by atoms with Gasteiger partial charge in [0.25, 0.3) is 0 Å². The van der Waals surface area contributed by atoms with Crippen molar-refractivity contribution < 1.29 is 4.79 Å². The minimum absolute atomic E-state index is 0.516. The number of carbonyl (C=O) groups is 1. The highest BCUT2D eigenvalue weighted by molar-refractivity contribution is 7.13. The molecule has 0 bridgehead atoms. The van der Waals surface area contributed by atoms with Crippen LogP contribution in [0.25, 0.3) is 10.6 Å². The average molecular weight is 244 g/mol. The number of aromatic nitrogens is 1. The molecular formula is C13H12N2OS. The standard InChI is InChI=1S/C13H12N2OS/c1-15-5-4-9-6-10(2-3-12(9)15)13-14-11(7-16)8-17-13/h2-3,6-8H,4-5H2,1H3. The van der Waals surface area contributed by atoms with Crippen molar-refractivity contribution in [2.75, 3.05) is 18.5 Å². The van der Waals surface area contributed by atoms with Gasteiger partial charge >= 0.3 is 0 Å². The number of carbonyl (C=O) groups excluding carboxylic acids is 1. The zero-order valence-corrected chi connectivity index (χ0v) is 10.3. The molecule has 86 valence electrons. The lowest BCUT2D eigenvalue weighted by Gasteiger charge is -2.11. The maximum absolute atomic E-state index is 10.6. The average Bonchev–Trinajstić information content (AvgIpc) is 2.96. The summed E-state index contributed by atoms with van der Waals surface area (Å²) in [4.78, 5) is 17.2. The van der Waals surface area contributed by atoms with Crippen LogP contribution in [0, 0.1) is 0 Å². The van der Waals surface area contributed by atoms with Crippen molar-refractivity contribution in [2.45, 2.75) is 6.42 Å². The lowest BCUT2D eigenvalue weighted by Crippen LogP contribution is -2.12. The van der Waals surface area contributed by atoms with Gasteiger partial charge in [-0.3, -0.25) is 4.79 Å². The van der Waals surface area contributed by atoms with Crippen molar-refractivity contribution in [3.63, 3.8) is 0 Å². The van der Waals surface area contributed by atoms with E-state index in [1.807, 2.05) is 0 Å². The number of hydrogen-bond acceptors (Lipinski definition) is 4. The van der Waals surface area contributed by atoms with Crippen LogP contribution in [0.2, 0.25) is 0 Å². The number of rotatable bonds is 2. The fraction of sp³-hybridized carbons (Fsp3) is 0.231. The molecule has 1 aliphatic rings. The highest BCUT2D eigenvalue weighted by Gasteiger charge is 2.16. The molecule has 0 atom stereocenters. The number of fused-ring (bicyclic) bond motifs is 1. The van der Waals surface area contributed by atoms with Crippen molar-refractivity contribution in [2.24, 2.45) is 0 Å². The van der Waals surface area contributed by atoms with Gasteiger partial charge in [-0.05, 0) is 30.2 Å². The molecule has 0 saturated carbocycles. The summed E-state index contributed by atoms with van der Waals surface area (Å²) in [5.41, 5.74) is 4.30. The molecule has 3 nitrogen and oxygen atoms in total. The van der Waals surface area contributed by atoms with E-state index in [0.717, 1.165) is 29.8 Å². The summed E-state index contributed by atoms with van der Waals surface area (Å²) in [7, 11) is 2.11. The molecule has 17 heavy (non-hydrogen) atoms. The van der Waals surface area contributed by atoms with Gasteiger partial charge in [0.2, 0.25) is 0 Å². The molecule has 0 fully saturated rings. The third-order valence-electron chi connectivity index (χ3n) is 3.10. The summed E-state index contributed by atoms with van der Waals surface area (Å²) >= 11 is 1.52. The van der Waals surface area contributed by atoms with Gasteiger partial charge in [-0.15, -0.1) is 11.3 Å². The van der Waals surface area contributed by atoms with Crippen molar-refractivity contribution in [3.8, 4) is 10.6 Å². The predicted molar refractivity (Wildman–Crippen MR) is 69.9 cm³/mol. The molecule has 2 heterocycles. The van der Waals surface area contributed by atoms with E-state index >= 15 is 0 Å². The van der Waals surface area contributed by atoms with E-state index in [1.54, 1.807) is 5.38 Å². The summed E-state index contributed by atoms with van der Waals surface area (Å²) in [5, 5.41) is 2.71. The molecule has 1 aliphatic heterocycles. The molecule has 0 radical (unpaired) electrons. The van der Waals surface area contributed by atoms with E-state index in [2.05, 4.69) is 35.1 Å². The van der Waals surface area contributed by atoms with E-state index in [4.69, 9.17) is 0 Å². The Balaban J connectivity index is 2.02. The number of hydrogen-bond donors (Lipinski definition) is 0. The summed E-state index contributed by atoms with van der Waals surface area (Å²) in [6, 6.07) is 6.40. The molecule has 0 amide bonds. The summed E-state index contributed by atoms with van der Waals surface area (Å²) < 4.78 is 0. The SMILES string of the molecule is CN1CCc2cc(-c3nc(C=O)cs3)ccc21. The van der Waals surface area contributed by atoms with E-state index in [1.165, 1.54) is 22.6 Å². The molecule has 1 aromatic heterocycles. The Hall–Kier alpha value is -1.68. The maximum atomic E-state index is 10.6. The second-order valence-electron chi connectivity index (χ2n) is 4.21. The maximum Gasteiger partial charge on any atom is 0.169 e. The summed E-state index contributed by atoms with van der Waals surface area (Å²) in [6.45, 7) is 1.08. The first-order valence-corrected chi connectivity index (χ1v) is 6.41. The minimum atomic E-state index is 0.516. The van der Waals surface area contributed by atoms with E-state index in [0.29, 0.717) is 5.69 Å². The highest BCUT2D eigenvalue weighted by Crippen LogP contribution is 2.32. The van der Waals surface area contributed by atoms with Gasteiger partial charge in [-0.2, -0.15) is 0 Å². The third-order valence-corrected chi connectivity index (χ3v) is 4.01. The Kier molecular flexibility index (Phi) is 2.44. The smallest absolute Gasteiger partial charge is 0.169 e. The number of aldehydes is 1. The van der Waals surface area contributed by atoms with E-state index < -0.39 is 0 Å². The van der Waals surface area contributed by atoms with Crippen LogP contribution in [-0.4, -0.2) is 24.9 Å². The van der Waals surface area contributed by atoms with Crippen LogP contribution in [0.4, 0.5) is 5.69 Å². The van der Waals surface area contributed by atoms with Gasteiger partial charge in [0.1, 0.15) is 10.7 Å². The largest absolute Gasteiger partial charge is 0.374 e. The fourth-order valence-corrected chi connectivity index (χ4v) is 2.93. The van der Waals surface area contributed by atoms with Crippen LogP contribution in [0.5, 0.6) is 0 Å². The van der Waals surface area contributed by atoms with Gasteiger partial charge < -0.3 is 4.90 Å². The lowest BCUT2D eigenvalue weighted by molar-refractivity contribution is 0.111. The zero-order valence-electron chi connectivity index (χ0n) is 9.51. The Morgan fingerprint density at radius 1 is 1.47 bits per heavy atom. The molecule has 0 aliphatic carbocycles. The second-order valence-corrected chi connectivity index (χ2v) is 5.07. The third kappa shape index (κ3) is 1.74. The minimum Gasteiger partial charge on any atom is -0.374 e. The van der Waals surface area contributed by atoms with Gasteiger partial charge in [0.05, 0.1) is 0 Å². The van der Waals surface area contributed by atoms with Gasteiger partial charge in [-0.25, -0.2) is 4.98 Å². The van der Waals surface area contributed by atoms with E-state index in [9.17, 15) is 4.79 Å². The number of thiazole rings is 1. The Bertz CT molecular complexity index is 577. The van der Waals surface area contributed by atoms with Crippen LogP contribution in [-0.2, 0) is 6.42 Å². The molecule has 0 spiro atoms. The van der Waals surface area contributed by atoms with Crippen molar-refractivity contribution in [1.29, 1.82) is 0 Å². The van der Waals surface area contributed by atoms with Crippen LogP contribution in [0.1, 0.15) is 16.1 Å². The molecule has 0 saturated heterocycles. The number of nitrogens with zero attached hydrogens (tertiary/aromatic N) is 2. The molecule has 0 N–H and O–H groups in total. The van der Waals surface area contributed by atoms with Crippen LogP contribution >= 0.6 is 11.3 Å². The number of anilines is 1.